The van der Waals surface area contributed by atoms with Gasteiger partial charge in [-0.05, 0) is 23.8 Å². The van der Waals surface area contributed by atoms with E-state index in [1.807, 2.05) is 29.2 Å². The number of rotatable bonds is 2. The fourth-order valence-electron chi connectivity index (χ4n) is 2.67. The van der Waals surface area contributed by atoms with Crippen molar-refractivity contribution >= 4 is 38.8 Å². The summed E-state index contributed by atoms with van der Waals surface area (Å²) in [5, 5.41) is 4.39. The van der Waals surface area contributed by atoms with E-state index >= 15 is 0 Å². The van der Waals surface area contributed by atoms with Gasteiger partial charge in [-0.25, -0.2) is 8.42 Å². The molecule has 2 atom stereocenters. The fraction of sp³-hybridized carbons (Fsp3) is 0.417. The number of nitrogens with one attached hydrogen (secondary N) is 1. The summed E-state index contributed by atoms with van der Waals surface area (Å²) in [5.41, 5.74) is 0.957. The van der Waals surface area contributed by atoms with Gasteiger partial charge >= 0.3 is 0 Å². The average molecular weight is 317 g/mol. The second kappa shape index (κ2) is 4.61. The average Bonchev–Trinajstić information content (AvgIpc) is 2.75. The highest BCUT2D eigenvalue weighted by atomic mass is 35.5. The first kappa shape index (κ1) is 13.1. The number of thiocarbonyl (C=S) groups is 1. The van der Waals surface area contributed by atoms with Crippen molar-refractivity contribution in [1.82, 2.24) is 10.2 Å². The van der Waals surface area contributed by atoms with Crippen LogP contribution in [0.2, 0.25) is 5.02 Å². The molecular weight excluding hydrogens is 304 g/mol. The van der Waals surface area contributed by atoms with Crippen LogP contribution in [0, 0.1) is 0 Å². The highest BCUT2D eigenvalue weighted by molar-refractivity contribution is 7.91. The Morgan fingerprint density at radius 2 is 2.11 bits per heavy atom. The van der Waals surface area contributed by atoms with Gasteiger partial charge in [-0.15, -0.1) is 0 Å². The minimum absolute atomic E-state index is 0.0752. The van der Waals surface area contributed by atoms with Crippen molar-refractivity contribution in [3.8, 4) is 0 Å². The van der Waals surface area contributed by atoms with Crippen LogP contribution in [-0.2, 0) is 16.4 Å². The van der Waals surface area contributed by atoms with Gasteiger partial charge in [0.05, 0.1) is 23.6 Å². The quantitative estimate of drug-likeness (QED) is 0.831. The van der Waals surface area contributed by atoms with Crippen LogP contribution in [0.25, 0.3) is 0 Å². The standard InChI is InChI=1S/C12H13ClN2O2S2/c13-9-4-2-1-3-8(9)5-15-11-7-19(16,17)6-10(11)14-12(15)18/h1-4,10-11H,5-7H2,(H,14,18). The number of hydrogen-bond acceptors (Lipinski definition) is 3. The lowest BCUT2D eigenvalue weighted by molar-refractivity contribution is 0.349. The van der Waals surface area contributed by atoms with E-state index < -0.39 is 9.84 Å². The van der Waals surface area contributed by atoms with Crippen LogP contribution in [0.1, 0.15) is 5.56 Å². The molecule has 2 fully saturated rings. The van der Waals surface area contributed by atoms with Gasteiger partial charge in [-0.2, -0.15) is 0 Å². The van der Waals surface area contributed by atoms with Gasteiger partial charge in [0.2, 0.25) is 0 Å². The zero-order chi connectivity index (χ0) is 13.6. The number of nitrogens with zero attached hydrogens (tertiary/aromatic N) is 1. The summed E-state index contributed by atoms with van der Waals surface area (Å²) >= 11 is 11.4. The highest BCUT2D eigenvalue weighted by Gasteiger charge is 2.46. The molecule has 1 N–H and O–H groups in total. The molecule has 3 rings (SSSR count). The third kappa shape index (κ3) is 2.44. The Bertz CT molecular complexity index is 632. The summed E-state index contributed by atoms with van der Waals surface area (Å²) in [4.78, 5) is 1.94. The van der Waals surface area contributed by atoms with Crippen LogP contribution in [0.3, 0.4) is 0 Å². The second-order valence-electron chi connectivity index (χ2n) is 4.92. The van der Waals surface area contributed by atoms with Gasteiger partial charge in [-0.3, -0.25) is 0 Å². The zero-order valence-corrected chi connectivity index (χ0v) is 12.4. The summed E-state index contributed by atoms with van der Waals surface area (Å²) < 4.78 is 23.4. The molecule has 0 radical (unpaired) electrons. The van der Waals surface area contributed by atoms with E-state index in [2.05, 4.69) is 5.32 Å². The van der Waals surface area contributed by atoms with Crippen LogP contribution in [0.4, 0.5) is 0 Å². The maximum atomic E-state index is 11.7. The normalized spacial score (nSPS) is 28.3. The Balaban J connectivity index is 1.85. The van der Waals surface area contributed by atoms with Crippen molar-refractivity contribution in [2.24, 2.45) is 0 Å². The van der Waals surface area contributed by atoms with Crippen molar-refractivity contribution in [2.45, 2.75) is 18.6 Å². The predicted octanol–water partition coefficient (Wildman–Crippen LogP) is 1.20. The predicted molar refractivity (Wildman–Crippen MR) is 79.0 cm³/mol. The van der Waals surface area contributed by atoms with E-state index in [1.165, 1.54) is 0 Å². The molecule has 1 aromatic carbocycles. The van der Waals surface area contributed by atoms with E-state index in [0.717, 1.165) is 5.56 Å². The molecule has 1 aromatic rings. The van der Waals surface area contributed by atoms with E-state index in [0.29, 0.717) is 16.7 Å². The van der Waals surface area contributed by atoms with E-state index in [9.17, 15) is 8.42 Å². The molecule has 2 saturated heterocycles. The lowest BCUT2D eigenvalue weighted by Crippen LogP contribution is -2.36. The Morgan fingerprint density at radius 1 is 1.37 bits per heavy atom. The fourth-order valence-corrected chi connectivity index (χ4v) is 5.13. The zero-order valence-electron chi connectivity index (χ0n) is 10.0. The van der Waals surface area contributed by atoms with E-state index in [1.54, 1.807) is 0 Å². The molecule has 0 aromatic heterocycles. The third-order valence-corrected chi connectivity index (χ3v) is 6.03. The topological polar surface area (TPSA) is 49.4 Å². The molecule has 102 valence electrons. The molecule has 0 aliphatic carbocycles. The minimum Gasteiger partial charge on any atom is -0.357 e. The van der Waals surface area contributed by atoms with Gasteiger partial charge in [0.15, 0.2) is 14.9 Å². The Morgan fingerprint density at radius 3 is 2.84 bits per heavy atom. The van der Waals surface area contributed by atoms with Crippen LogP contribution in [0.5, 0.6) is 0 Å². The molecule has 2 heterocycles. The maximum absolute atomic E-state index is 11.7. The number of sulfone groups is 1. The molecule has 2 aliphatic rings. The smallest absolute Gasteiger partial charge is 0.169 e. The van der Waals surface area contributed by atoms with Crippen molar-refractivity contribution in [3.05, 3.63) is 34.9 Å². The maximum Gasteiger partial charge on any atom is 0.169 e. The number of halogens is 1. The molecule has 0 bridgehead atoms. The summed E-state index contributed by atoms with van der Waals surface area (Å²) in [6.07, 6.45) is 0. The van der Waals surface area contributed by atoms with Gasteiger partial charge in [0, 0.05) is 11.6 Å². The molecular formula is C12H13ClN2O2S2. The number of hydrogen-bond donors (Lipinski definition) is 1. The van der Waals surface area contributed by atoms with Gasteiger partial charge in [-0.1, -0.05) is 29.8 Å². The molecule has 7 heteroatoms. The largest absolute Gasteiger partial charge is 0.357 e. The molecule has 2 unspecified atom stereocenters. The lowest BCUT2D eigenvalue weighted by atomic mass is 10.1. The first-order chi connectivity index (χ1) is 8.96. The Kier molecular flexibility index (Phi) is 3.19. The third-order valence-electron chi connectivity index (χ3n) is 3.59. The number of fused-ring (bicyclic) bond motifs is 1. The molecule has 19 heavy (non-hydrogen) atoms. The van der Waals surface area contributed by atoms with Gasteiger partial charge in [0.25, 0.3) is 0 Å². The van der Waals surface area contributed by atoms with Crippen LogP contribution in [0.15, 0.2) is 24.3 Å². The van der Waals surface area contributed by atoms with Crippen LogP contribution >= 0.6 is 23.8 Å². The van der Waals surface area contributed by atoms with E-state index in [4.69, 9.17) is 23.8 Å². The van der Waals surface area contributed by atoms with Crippen molar-refractivity contribution in [2.75, 3.05) is 11.5 Å². The van der Waals surface area contributed by atoms with Crippen LogP contribution < -0.4 is 5.32 Å². The second-order valence-corrected chi connectivity index (χ2v) is 7.87. The number of benzene rings is 1. The molecule has 4 nitrogen and oxygen atoms in total. The van der Waals surface area contributed by atoms with Crippen molar-refractivity contribution in [1.29, 1.82) is 0 Å². The van der Waals surface area contributed by atoms with Gasteiger partial charge in [0.1, 0.15) is 0 Å². The van der Waals surface area contributed by atoms with Crippen molar-refractivity contribution < 1.29 is 8.42 Å². The molecule has 0 saturated carbocycles. The monoisotopic (exact) mass is 316 g/mol. The Labute approximate surface area is 122 Å². The van der Waals surface area contributed by atoms with Crippen LogP contribution in [-0.4, -0.2) is 42.0 Å². The minimum atomic E-state index is -2.96. The van der Waals surface area contributed by atoms with E-state index in [-0.39, 0.29) is 23.6 Å². The summed E-state index contributed by atoms with van der Waals surface area (Å²) in [6.45, 7) is 0.544. The Hall–Kier alpha value is -0.850. The summed E-state index contributed by atoms with van der Waals surface area (Å²) in [6, 6.07) is 7.38. The van der Waals surface area contributed by atoms with Crippen molar-refractivity contribution in [3.63, 3.8) is 0 Å². The first-order valence-electron chi connectivity index (χ1n) is 5.97. The SMILES string of the molecule is O=S1(=O)CC2NC(=S)N(Cc3ccccc3Cl)C2C1. The first-order valence-corrected chi connectivity index (χ1v) is 8.58. The summed E-state index contributed by atoms with van der Waals surface area (Å²) in [7, 11) is -2.96. The molecule has 0 amide bonds. The summed E-state index contributed by atoms with van der Waals surface area (Å²) in [5.74, 6) is 0.325. The molecule has 0 spiro atoms. The lowest BCUT2D eigenvalue weighted by Gasteiger charge is -2.23. The van der Waals surface area contributed by atoms with Gasteiger partial charge < -0.3 is 10.2 Å². The highest BCUT2D eigenvalue weighted by Crippen LogP contribution is 2.27. The molecule has 2 aliphatic heterocycles.